The molecule has 2 aromatic rings. The Kier molecular flexibility index (Phi) is 5.56. The molecule has 0 N–H and O–H groups in total. The number of alkyl halides is 1. The minimum absolute atomic E-state index is 0.109. The van der Waals surface area contributed by atoms with Crippen LogP contribution in [0.3, 0.4) is 0 Å². The maximum atomic E-state index is 12.9. The summed E-state index contributed by atoms with van der Waals surface area (Å²) in [4.78, 5) is 0. The molecule has 2 nitrogen and oxygen atoms in total. The first-order valence-corrected chi connectivity index (χ1v) is 7.41. The summed E-state index contributed by atoms with van der Waals surface area (Å²) in [6.45, 7) is 0.477. The van der Waals surface area contributed by atoms with Crippen molar-refractivity contribution in [3.8, 4) is 5.75 Å². The lowest BCUT2D eigenvalue weighted by Crippen LogP contribution is -2.06. The van der Waals surface area contributed by atoms with Gasteiger partial charge in [-0.25, -0.2) is 4.39 Å². The maximum absolute atomic E-state index is 12.9. The second-order valence-electron chi connectivity index (χ2n) is 4.36. The highest BCUT2D eigenvalue weighted by Crippen LogP contribution is 2.22. The van der Waals surface area contributed by atoms with E-state index in [2.05, 4.69) is 15.9 Å². The molecule has 1 unspecified atom stereocenters. The van der Waals surface area contributed by atoms with Gasteiger partial charge in [-0.15, -0.1) is 0 Å². The van der Waals surface area contributed by atoms with Crippen molar-refractivity contribution < 1.29 is 13.9 Å². The number of halogens is 2. The van der Waals surface area contributed by atoms with Crippen LogP contribution in [0.25, 0.3) is 0 Å². The lowest BCUT2D eigenvalue weighted by molar-refractivity contribution is 0.0564. The largest absolute Gasteiger partial charge is 0.497 e. The number of ether oxygens (including phenoxy) is 2. The standard InChI is InChI=1S/C16H16BrFO2/c1-19-15-4-2-3-12(9-15)11-20-16(10-17)13-5-7-14(18)8-6-13/h2-9,16H,10-11H2,1H3. The van der Waals surface area contributed by atoms with Crippen LogP contribution in [0.4, 0.5) is 4.39 Å². The molecule has 0 saturated heterocycles. The van der Waals surface area contributed by atoms with E-state index in [9.17, 15) is 4.39 Å². The smallest absolute Gasteiger partial charge is 0.123 e. The molecule has 0 aromatic heterocycles. The number of methoxy groups -OCH3 is 1. The Morgan fingerprint density at radius 1 is 1.15 bits per heavy atom. The fraction of sp³-hybridized carbons (Fsp3) is 0.250. The third kappa shape index (κ3) is 4.05. The zero-order valence-electron chi connectivity index (χ0n) is 11.2. The molecule has 0 spiro atoms. The number of hydrogen-bond acceptors (Lipinski definition) is 2. The lowest BCUT2D eigenvalue weighted by Gasteiger charge is -2.16. The summed E-state index contributed by atoms with van der Waals surface area (Å²) in [5.41, 5.74) is 1.99. The van der Waals surface area contributed by atoms with Gasteiger partial charge in [-0.2, -0.15) is 0 Å². The van der Waals surface area contributed by atoms with Crippen LogP contribution in [0.2, 0.25) is 0 Å². The van der Waals surface area contributed by atoms with Crippen molar-refractivity contribution in [2.75, 3.05) is 12.4 Å². The summed E-state index contributed by atoms with van der Waals surface area (Å²) >= 11 is 3.43. The van der Waals surface area contributed by atoms with E-state index in [-0.39, 0.29) is 11.9 Å². The van der Waals surface area contributed by atoms with Crippen LogP contribution in [-0.2, 0) is 11.3 Å². The molecule has 0 aliphatic carbocycles. The predicted octanol–water partition coefficient (Wildman–Crippen LogP) is 4.49. The second-order valence-corrected chi connectivity index (χ2v) is 5.00. The van der Waals surface area contributed by atoms with Crippen LogP contribution >= 0.6 is 15.9 Å². The van der Waals surface area contributed by atoms with Crippen LogP contribution in [0.1, 0.15) is 17.2 Å². The molecule has 106 valence electrons. The van der Waals surface area contributed by atoms with E-state index in [4.69, 9.17) is 9.47 Å². The molecule has 0 aliphatic rings. The highest BCUT2D eigenvalue weighted by atomic mass is 79.9. The van der Waals surface area contributed by atoms with Gasteiger partial charge in [-0.1, -0.05) is 40.2 Å². The molecule has 0 bridgehead atoms. The Morgan fingerprint density at radius 2 is 1.90 bits per heavy atom. The van der Waals surface area contributed by atoms with E-state index in [0.717, 1.165) is 16.9 Å². The Balaban J connectivity index is 2.01. The summed E-state index contributed by atoms with van der Waals surface area (Å²) in [5.74, 6) is 0.568. The van der Waals surface area contributed by atoms with Crippen LogP contribution < -0.4 is 4.74 Å². The third-order valence-electron chi connectivity index (χ3n) is 2.97. The summed E-state index contributed by atoms with van der Waals surface area (Å²) in [5, 5.41) is 0.655. The van der Waals surface area contributed by atoms with E-state index in [1.807, 2.05) is 24.3 Å². The van der Waals surface area contributed by atoms with Crippen molar-refractivity contribution in [3.05, 3.63) is 65.5 Å². The normalized spacial score (nSPS) is 12.2. The Morgan fingerprint density at radius 3 is 2.55 bits per heavy atom. The lowest BCUT2D eigenvalue weighted by atomic mass is 10.1. The topological polar surface area (TPSA) is 18.5 Å². The molecular weight excluding hydrogens is 323 g/mol. The van der Waals surface area contributed by atoms with Gasteiger partial charge in [-0.05, 0) is 35.4 Å². The quantitative estimate of drug-likeness (QED) is 0.722. The molecular formula is C16H16BrFO2. The fourth-order valence-electron chi connectivity index (χ4n) is 1.87. The summed E-state index contributed by atoms with van der Waals surface area (Å²) < 4.78 is 24.0. The van der Waals surface area contributed by atoms with Crippen LogP contribution in [0.15, 0.2) is 48.5 Å². The first kappa shape index (κ1) is 15.0. The molecule has 0 fully saturated rings. The van der Waals surface area contributed by atoms with Gasteiger partial charge in [0.15, 0.2) is 0 Å². The zero-order valence-corrected chi connectivity index (χ0v) is 12.8. The summed E-state index contributed by atoms with van der Waals surface area (Å²) in [6.07, 6.45) is -0.109. The monoisotopic (exact) mass is 338 g/mol. The van der Waals surface area contributed by atoms with E-state index >= 15 is 0 Å². The summed E-state index contributed by atoms with van der Waals surface area (Å²) in [6, 6.07) is 14.1. The third-order valence-corrected chi connectivity index (χ3v) is 3.56. The first-order valence-electron chi connectivity index (χ1n) is 6.29. The average molecular weight is 339 g/mol. The van der Waals surface area contributed by atoms with Crippen molar-refractivity contribution in [2.24, 2.45) is 0 Å². The van der Waals surface area contributed by atoms with Gasteiger partial charge in [0.2, 0.25) is 0 Å². The van der Waals surface area contributed by atoms with Crippen LogP contribution in [-0.4, -0.2) is 12.4 Å². The highest BCUT2D eigenvalue weighted by molar-refractivity contribution is 9.09. The molecule has 0 radical (unpaired) electrons. The second kappa shape index (κ2) is 7.41. The molecule has 4 heteroatoms. The minimum atomic E-state index is -0.241. The van der Waals surface area contributed by atoms with Gasteiger partial charge in [0, 0.05) is 5.33 Å². The van der Waals surface area contributed by atoms with Crippen molar-refractivity contribution in [3.63, 3.8) is 0 Å². The molecule has 0 saturated carbocycles. The Labute approximate surface area is 126 Å². The molecule has 0 aliphatic heterocycles. The maximum Gasteiger partial charge on any atom is 0.123 e. The number of benzene rings is 2. The fourth-order valence-corrected chi connectivity index (χ4v) is 2.43. The van der Waals surface area contributed by atoms with E-state index in [0.29, 0.717) is 11.9 Å². The molecule has 20 heavy (non-hydrogen) atoms. The van der Waals surface area contributed by atoms with Crippen molar-refractivity contribution in [1.29, 1.82) is 0 Å². The van der Waals surface area contributed by atoms with E-state index in [1.54, 1.807) is 19.2 Å². The average Bonchev–Trinajstić information content (AvgIpc) is 2.50. The van der Waals surface area contributed by atoms with Crippen molar-refractivity contribution >= 4 is 15.9 Å². The minimum Gasteiger partial charge on any atom is -0.497 e. The molecule has 2 aromatic carbocycles. The van der Waals surface area contributed by atoms with Gasteiger partial charge in [0.25, 0.3) is 0 Å². The molecule has 0 heterocycles. The van der Waals surface area contributed by atoms with E-state index < -0.39 is 0 Å². The number of rotatable bonds is 6. The molecule has 2 rings (SSSR count). The molecule has 1 atom stereocenters. The first-order chi connectivity index (χ1) is 9.72. The van der Waals surface area contributed by atoms with Gasteiger partial charge in [-0.3, -0.25) is 0 Å². The zero-order chi connectivity index (χ0) is 14.4. The summed E-state index contributed by atoms with van der Waals surface area (Å²) in [7, 11) is 1.64. The molecule has 0 amide bonds. The predicted molar refractivity (Wildman–Crippen MR) is 80.7 cm³/mol. The van der Waals surface area contributed by atoms with Gasteiger partial charge >= 0.3 is 0 Å². The SMILES string of the molecule is COc1cccc(COC(CBr)c2ccc(F)cc2)c1. The Hall–Kier alpha value is -1.39. The van der Waals surface area contributed by atoms with Crippen LogP contribution in [0, 0.1) is 5.82 Å². The van der Waals surface area contributed by atoms with Crippen molar-refractivity contribution in [2.45, 2.75) is 12.7 Å². The Bertz CT molecular complexity index is 542. The highest BCUT2D eigenvalue weighted by Gasteiger charge is 2.11. The van der Waals surface area contributed by atoms with E-state index in [1.165, 1.54) is 12.1 Å². The van der Waals surface area contributed by atoms with Gasteiger partial charge in [0.1, 0.15) is 11.6 Å². The van der Waals surface area contributed by atoms with Crippen molar-refractivity contribution in [1.82, 2.24) is 0 Å². The van der Waals surface area contributed by atoms with Gasteiger partial charge in [0.05, 0.1) is 19.8 Å². The van der Waals surface area contributed by atoms with Gasteiger partial charge < -0.3 is 9.47 Å². The number of hydrogen-bond donors (Lipinski definition) is 0. The van der Waals surface area contributed by atoms with Crippen LogP contribution in [0.5, 0.6) is 5.75 Å².